The van der Waals surface area contributed by atoms with E-state index < -0.39 is 0 Å². The lowest BCUT2D eigenvalue weighted by Gasteiger charge is -2.22. The number of nitrogens with one attached hydrogen (secondary N) is 1. The van der Waals surface area contributed by atoms with Gasteiger partial charge in [0.25, 0.3) is 0 Å². The summed E-state index contributed by atoms with van der Waals surface area (Å²) in [5.74, 6) is 0.166. The van der Waals surface area contributed by atoms with Crippen LogP contribution >= 0.6 is 0 Å². The molecule has 1 aromatic heterocycles. The molecule has 13 heavy (non-hydrogen) atoms. The number of hydrogen-bond donors (Lipinski definition) is 1. The van der Waals surface area contributed by atoms with Crippen molar-refractivity contribution < 1.29 is 4.79 Å². The maximum atomic E-state index is 11.3. The number of nitrogens with zero attached hydrogens (tertiary/aromatic N) is 2. The van der Waals surface area contributed by atoms with Crippen LogP contribution in [0, 0.1) is 0 Å². The highest BCUT2D eigenvalue weighted by Crippen LogP contribution is 2.19. The fourth-order valence-electron chi connectivity index (χ4n) is 1.68. The summed E-state index contributed by atoms with van der Waals surface area (Å²) in [5.41, 5.74) is 3.30. The van der Waals surface area contributed by atoms with Crippen LogP contribution in [-0.2, 0) is 24.2 Å². The van der Waals surface area contributed by atoms with Crippen molar-refractivity contribution in [1.29, 1.82) is 0 Å². The van der Waals surface area contributed by atoms with Gasteiger partial charge in [-0.15, -0.1) is 0 Å². The van der Waals surface area contributed by atoms with Gasteiger partial charge in [0.05, 0.1) is 12.1 Å². The number of H-pyrrole nitrogens is 1. The first-order valence-corrected chi connectivity index (χ1v) is 4.51. The van der Waals surface area contributed by atoms with E-state index in [2.05, 4.69) is 17.1 Å². The number of likely N-dealkylation sites (N-methyl/N-ethyl adjacent to an activating group) is 1. The summed E-state index contributed by atoms with van der Waals surface area (Å²) < 4.78 is 0. The zero-order chi connectivity index (χ0) is 9.42. The molecule has 0 aromatic carbocycles. The first kappa shape index (κ1) is 8.29. The Kier molecular flexibility index (Phi) is 1.83. The number of aromatic amines is 1. The third kappa shape index (κ3) is 1.22. The number of rotatable bonds is 1. The fraction of sp³-hybridized carbons (Fsp3) is 0.556. The van der Waals surface area contributed by atoms with Gasteiger partial charge < -0.3 is 4.90 Å². The van der Waals surface area contributed by atoms with Crippen molar-refractivity contribution in [3.63, 3.8) is 0 Å². The van der Waals surface area contributed by atoms with E-state index in [1.54, 1.807) is 4.90 Å². The number of hydrogen-bond acceptors (Lipinski definition) is 2. The SMILES string of the molecule is CCc1n[nH]c2c1CN(C)C(=O)C2. The van der Waals surface area contributed by atoms with Crippen molar-refractivity contribution in [1.82, 2.24) is 15.1 Å². The number of amides is 1. The number of aryl methyl sites for hydroxylation is 1. The minimum atomic E-state index is 0.166. The third-order valence-electron chi connectivity index (χ3n) is 2.52. The summed E-state index contributed by atoms with van der Waals surface area (Å²) in [7, 11) is 1.83. The maximum Gasteiger partial charge on any atom is 0.228 e. The second kappa shape index (κ2) is 2.87. The van der Waals surface area contributed by atoms with Crippen LogP contribution in [0.25, 0.3) is 0 Å². The molecule has 1 aromatic rings. The summed E-state index contributed by atoms with van der Waals surface area (Å²) in [5, 5.41) is 7.11. The van der Waals surface area contributed by atoms with Gasteiger partial charge in [-0.25, -0.2) is 0 Å². The van der Waals surface area contributed by atoms with Crippen molar-refractivity contribution in [3.8, 4) is 0 Å². The van der Waals surface area contributed by atoms with Crippen molar-refractivity contribution >= 4 is 5.91 Å². The quantitative estimate of drug-likeness (QED) is 0.682. The van der Waals surface area contributed by atoms with Crippen LogP contribution in [0.2, 0.25) is 0 Å². The smallest absolute Gasteiger partial charge is 0.228 e. The molecule has 0 saturated carbocycles. The molecule has 4 heteroatoms. The zero-order valence-electron chi connectivity index (χ0n) is 7.92. The molecule has 1 amide bonds. The highest BCUT2D eigenvalue weighted by molar-refractivity contribution is 5.80. The van der Waals surface area contributed by atoms with Crippen molar-refractivity contribution in [2.24, 2.45) is 0 Å². The van der Waals surface area contributed by atoms with Crippen molar-refractivity contribution in [3.05, 3.63) is 17.0 Å². The number of aromatic nitrogens is 2. The molecular weight excluding hydrogens is 166 g/mol. The van der Waals surface area contributed by atoms with Crippen LogP contribution in [0.4, 0.5) is 0 Å². The topological polar surface area (TPSA) is 49.0 Å². The summed E-state index contributed by atoms with van der Waals surface area (Å²) in [6.45, 7) is 2.78. The number of carbonyl (C=O) groups excluding carboxylic acids is 1. The molecule has 0 aliphatic carbocycles. The van der Waals surface area contributed by atoms with E-state index in [-0.39, 0.29) is 5.91 Å². The lowest BCUT2D eigenvalue weighted by molar-refractivity contribution is -0.130. The Morgan fingerprint density at radius 2 is 2.38 bits per heavy atom. The van der Waals surface area contributed by atoms with Crippen LogP contribution in [0.15, 0.2) is 0 Å². The van der Waals surface area contributed by atoms with Crippen LogP contribution < -0.4 is 0 Å². The van der Waals surface area contributed by atoms with E-state index in [0.717, 1.165) is 17.8 Å². The van der Waals surface area contributed by atoms with E-state index in [4.69, 9.17) is 0 Å². The van der Waals surface area contributed by atoms with Gasteiger partial charge in [0.2, 0.25) is 5.91 Å². The highest BCUT2D eigenvalue weighted by Gasteiger charge is 2.23. The normalized spacial score (nSPS) is 16.2. The monoisotopic (exact) mass is 179 g/mol. The Bertz CT molecular complexity index is 343. The van der Waals surface area contributed by atoms with E-state index >= 15 is 0 Å². The van der Waals surface area contributed by atoms with Crippen LogP contribution in [0.5, 0.6) is 0 Å². The predicted molar refractivity (Wildman–Crippen MR) is 48.1 cm³/mol. The average molecular weight is 179 g/mol. The second-order valence-electron chi connectivity index (χ2n) is 3.41. The van der Waals surface area contributed by atoms with Crippen LogP contribution in [0.3, 0.4) is 0 Å². The molecule has 0 fully saturated rings. The van der Waals surface area contributed by atoms with Gasteiger partial charge in [0.1, 0.15) is 0 Å². The standard InChI is InChI=1S/C9H13N3O/c1-3-7-6-5-12(2)9(13)4-8(6)11-10-7/h3-5H2,1-2H3,(H,10,11). The largest absolute Gasteiger partial charge is 0.341 e. The first-order chi connectivity index (χ1) is 6.22. The minimum absolute atomic E-state index is 0.166. The Morgan fingerprint density at radius 1 is 1.62 bits per heavy atom. The van der Waals surface area contributed by atoms with Gasteiger partial charge in [-0.1, -0.05) is 6.92 Å². The molecular formula is C9H13N3O. The lowest BCUT2D eigenvalue weighted by Crippen LogP contribution is -2.32. The summed E-state index contributed by atoms with van der Waals surface area (Å²) in [6, 6.07) is 0. The van der Waals surface area contributed by atoms with E-state index in [1.807, 2.05) is 7.05 Å². The summed E-state index contributed by atoms with van der Waals surface area (Å²) >= 11 is 0. The first-order valence-electron chi connectivity index (χ1n) is 4.51. The van der Waals surface area contributed by atoms with Gasteiger partial charge in [-0.2, -0.15) is 5.10 Å². The molecule has 0 spiro atoms. The van der Waals surface area contributed by atoms with E-state index in [0.29, 0.717) is 13.0 Å². The van der Waals surface area contributed by atoms with Gasteiger partial charge in [-0.05, 0) is 6.42 Å². The molecule has 0 radical (unpaired) electrons. The summed E-state index contributed by atoms with van der Waals surface area (Å²) in [6.07, 6.45) is 1.40. The van der Waals surface area contributed by atoms with Gasteiger partial charge in [-0.3, -0.25) is 9.89 Å². The van der Waals surface area contributed by atoms with Crippen molar-refractivity contribution in [2.75, 3.05) is 7.05 Å². The van der Waals surface area contributed by atoms with Gasteiger partial charge in [0, 0.05) is 24.8 Å². The van der Waals surface area contributed by atoms with Gasteiger partial charge >= 0.3 is 0 Å². The average Bonchev–Trinajstić information content (AvgIpc) is 2.48. The third-order valence-corrected chi connectivity index (χ3v) is 2.52. The maximum absolute atomic E-state index is 11.3. The molecule has 0 saturated heterocycles. The van der Waals surface area contributed by atoms with E-state index in [1.165, 1.54) is 5.56 Å². The molecule has 0 unspecified atom stereocenters. The Morgan fingerprint density at radius 3 is 3.08 bits per heavy atom. The molecule has 70 valence electrons. The lowest BCUT2D eigenvalue weighted by atomic mass is 10.0. The molecule has 1 N–H and O–H groups in total. The van der Waals surface area contributed by atoms with Crippen LogP contribution in [-0.4, -0.2) is 28.1 Å². The second-order valence-corrected chi connectivity index (χ2v) is 3.41. The van der Waals surface area contributed by atoms with E-state index in [9.17, 15) is 4.79 Å². The summed E-state index contributed by atoms with van der Waals surface area (Å²) in [4.78, 5) is 13.1. The zero-order valence-corrected chi connectivity index (χ0v) is 7.92. The Balaban J connectivity index is 2.39. The molecule has 0 bridgehead atoms. The Labute approximate surface area is 76.9 Å². The molecule has 0 atom stereocenters. The molecule has 1 aliphatic rings. The molecule has 1 aliphatic heterocycles. The highest BCUT2D eigenvalue weighted by atomic mass is 16.2. The Hall–Kier alpha value is -1.32. The minimum Gasteiger partial charge on any atom is -0.341 e. The predicted octanol–water partition coefficient (Wildman–Crippen LogP) is 0.487. The van der Waals surface area contributed by atoms with Crippen LogP contribution in [0.1, 0.15) is 23.9 Å². The van der Waals surface area contributed by atoms with Crippen molar-refractivity contribution in [2.45, 2.75) is 26.3 Å². The molecule has 4 nitrogen and oxygen atoms in total. The number of fused-ring (bicyclic) bond motifs is 1. The van der Waals surface area contributed by atoms with Gasteiger partial charge in [0.15, 0.2) is 0 Å². The molecule has 2 rings (SSSR count). The number of carbonyl (C=O) groups is 1. The molecule has 2 heterocycles. The fourth-order valence-corrected chi connectivity index (χ4v) is 1.68.